The molecule has 2 aromatic heterocycles. The molecule has 1 saturated heterocycles. The number of hydrogen-bond donors (Lipinski definition) is 3. The van der Waals surface area contributed by atoms with Crippen LogP contribution in [-0.4, -0.2) is 54.8 Å². The first-order valence-electron chi connectivity index (χ1n) is 12.1. The highest BCUT2D eigenvalue weighted by Crippen LogP contribution is 2.34. The Bertz CT molecular complexity index is 1540. The third-order valence-electron chi connectivity index (χ3n) is 6.66. The van der Waals surface area contributed by atoms with E-state index in [1.165, 1.54) is 23.4 Å². The molecular weight excluding hydrogens is 515 g/mol. The summed E-state index contributed by atoms with van der Waals surface area (Å²) in [6.07, 6.45) is -2.76. The highest BCUT2D eigenvalue weighted by molar-refractivity contribution is 5.98. The number of nitrogen functional groups attached to an aromatic ring is 1. The standard InChI is InChI=1S/C26H24F3N7O3/c27-26(28,29)18-4-1-3-17(11-18)24(37)31-12-15-6-8-16(9-7-15)21-20-22(30)32-14-33-23(20)36(34-21)19-5-2-10-35(13-19)25(38)39/h1,3-4,6-9,11,14,19H,2,5,10,12-13H2,(H,31,37)(H,38,39)(H2,30,32,33)/t19-/m1/s1. The van der Waals surface area contributed by atoms with Gasteiger partial charge in [-0.1, -0.05) is 30.3 Å². The quantitative estimate of drug-likeness (QED) is 0.343. The number of anilines is 1. The molecule has 0 saturated carbocycles. The van der Waals surface area contributed by atoms with Crippen LogP contribution in [0.2, 0.25) is 0 Å². The number of benzene rings is 2. The van der Waals surface area contributed by atoms with Crippen LogP contribution in [0.15, 0.2) is 54.9 Å². The van der Waals surface area contributed by atoms with Gasteiger partial charge in [-0.05, 0) is 36.6 Å². The van der Waals surface area contributed by atoms with E-state index in [9.17, 15) is 27.9 Å². The summed E-state index contributed by atoms with van der Waals surface area (Å²) in [6, 6.07) is 11.1. The van der Waals surface area contributed by atoms with Gasteiger partial charge in [-0.25, -0.2) is 19.4 Å². The van der Waals surface area contributed by atoms with E-state index >= 15 is 0 Å². The first-order valence-corrected chi connectivity index (χ1v) is 12.1. The predicted molar refractivity (Wildman–Crippen MR) is 136 cm³/mol. The number of nitrogens with two attached hydrogens (primary N) is 1. The minimum absolute atomic E-state index is 0.0851. The number of hydrogen-bond acceptors (Lipinski definition) is 6. The molecule has 5 rings (SSSR count). The van der Waals surface area contributed by atoms with Gasteiger partial charge < -0.3 is 21.1 Å². The molecule has 1 aliphatic heterocycles. The van der Waals surface area contributed by atoms with E-state index in [0.29, 0.717) is 35.3 Å². The van der Waals surface area contributed by atoms with Crippen molar-refractivity contribution < 1.29 is 27.9 Å². The van der Waals surface area contributed by atoms with E-state index in [2.05, 4.69) is 15.3 Å². The van der Waals surface area contributed by atoms with Crippen molar-refractivity contribution in [3.63, 3.8) is 0 Å². The van der Waals surface area contributed by atoms with Crippen molar-refractivity contribution in [1.82, 2.24) is 30.0 Å². The van der Waals surface area contributed by atoms with E-state index in [-0.39, 0.29) is 30.5 Å². The summed E-state index contributed by atoms with van der Waals surface area (Å²) < 4.78 is 40.6. The highest BCUT2D eigenvalue weighted by atomic mass is 19.4. The number of piperidine rings is 1. The molecule has 0 spiro atoms. The topological polar surface area (TPSA) is 139 Å². The number of likely N-dealkylation sites (tertiary alicyclic amines) is 1. The summed E-state index contributed by atoms with van der Waals surface area (Å²) in [5, 5.41) is 17.4. The summed E-state index contributed by atoms with van der Waals surface area (Å²) >= 11 is 0. The summed E-state index contributed by atoms with van der Waals surface area (Å²) in [6.45, 7) is 0.837. The number of rotatable bonds is 5. The van der Waals surface area contributed by atoms with Gasteiger partial charge in [-0.2, -0.15) is 18.3 Å². The lowest BCUT2D eigenvalue weighted by atomic mass is 10.1. The fraction of sp³-hybridized carbons (Fsp3) is 0.269. The van der Waals surface area contributed by atoms with Gasteiger partial charge in [0.15, 0.2) is 5.65 Å². The lowest BCUT2D eigenvalue weighted by molar-refractivity contribution is -0.137. The van der Waals surface area contributed by atoms with E-state index < -0.39 is 23.7 Å². The molecule has 39 heavy (non-hydrogen) atoms. The van der Waals surface area contributed by atoms with Crippen LogP contribution < -0.4 is 11.1 Å². The van der Waals surface area contributed by atoms with E-state index in [0.717, 1.165) is 24.1 Å². The molecule has 202 valence electrons. The number of nitrogens with one attached hydrogen (secondary N) is 1. The number of carbonyl (C=O) groups is 2. The summed E-state index contributed by atoms with van der Waals surface area (Å²) in [7, 11) is 0. The smallest absolute Gasteiger partial charge is 0.416 e. The second-order valence-electron chi connectivity index (χ2n) is 9.23. The molecule has 4 aromatic rings. The molecule has 0 unspecified atom stereocenters. The maximum Gasteiger partial charge on any atom is 0.416 e. The Morgan fingerprint density at radius 3 is 2.62 bits per heavy atom. The van der Waals surface area contributed by atoms with Crippen molar-refractivity contribution in [1.29, 1.82) is 0 Å². The van der Waals surface area contributed by atoms with Gasteiger partial charge >= 0.3 is 12.3 Å². The molecule has 2 aromatic carbocycles. The first kappa shape index (κ1) is 25.9. The monoisotopic (exact) mass is 539 g/mol. The Balaban J connectivity index is 1.36. The van der Waals surface area contributed by atoms with Crippen LogP contribution in [0, 0.1) is 0 Å². The van der Waals surface area contributed by atoms with Gasteiger partial charge in [0.25, 0.3) is 5.91 Å². The van der Waals surface area contributed by atoms with Crippen molar-refractivity contribution in [2.45, 2.75) is 31.6 Å². The van der Waals surface area contributed by atoms with Crippen LogP contribution in [0.4, 0.5) is 23.8 Å². The number of alkyl halides is 3. The molecule has 4 N–H and O–H groups in total. The Hall–Kier alpha value is -4.68. The van der Waals surface area contributed by atoms with Crippen molar-refractivity contribution in [2.75, 3.05) is 18.8 Å². The summed E-state index contributed by atoms with van der Waals surface area (Å²) in [5.74, 6) is -0.382. The van der Waals surface area contributed by atoms with Crippen molar-refractivity contribution in [2.24, 2.45) is 0 Å². The van der Waals surface area contributed by atoms with E-state index in [1.54, 1.807) is 28.9 Å². The number of aromatic nitrogens is 4. The molecule has 1 aliphatic rings. The van der Waals surface area contributed by atoms with Gasteiger partial charge in [0.05, 0.1) is 17.0 Å². The van der Waals surface area contributed by atoms with Gasteiger partial charge in [0.2, 0.25) is 0 Å². The molecule has 10 nitrogen and oxygen atoms in total. The lowest BCUT2D eigenvalue weighted by Gasteiger charge is -2.30. The highest BCUT2D eigenvalue weighted by Gasteiger charge is 2.31. The zero-order chi connectivity index (χ0) is 27.7. The second-order valence-corrected chi connectivity index (χ2v) is 9.23. The molecular formula is C26H24F3N7O3. The average Bonchev–Trinajstić information content (AvgIpc) is 3.33. The maximum atomic E-state index is 13.0. The molecule has 13 heteroatoms. The minimum atomic E-state index is -4.54. The van der Waals surface area contributed by atoms with Crippen molar-refractivity contribution in [3.05, 3.63) is 71.5 Å². The number of amides is 2. The Morgan fingerprint density at radius 1 is 1.13 bits per heavy atom. The van der Waals surface area contributed by atoms with Gasteiger partial charge in [-0.15, -0.1) is 0 Å². The Labute approximate surface area is 220 Å². The van der Waals surface area contributed by atoms with Crippen LogP contribution in [0.5, 0.6) is 0 Å². The second kappa shape index (κ2) is 10.2. The molecule has 2 amide bonds. The fourth-order valence-corrected chi connectivity index (χ4v) is 4.68. The number of carboxylic acid groups (broad SMARTS) is 1. The summed E-state index contributed by atoms with van der Waals surface area (Å²) in [5.41, 5.74) is 7.68. The minimum Gasteiger partial charge on any atom is -0.465 e. The normalized spacial score (nSPS) is 15.9. The lowest BCUT2D eigenvalue weighted by Crippen LogP contribution is -2.40. The van der Waals surface area contributed by atoms with Crippen LogP contribution in [0.25, 0.3) is 22.3 Å². The zero-order valence-corrected chi connectivity index (χ0v) is 20.5. The third kappa shape index (κ3) is 5.33. The van der Waals surface area contributed by atoms with Crippen LogP contribution in [0.1, 0.15) is 40.4 Å². The average molecular weight is 540 g/mol. The molecule has 0 aliphatic carbocycles. The number of nitrogens with zero attached hydrogens (tertiary/aromatic N) is 5. The van der Waals surface area contributed by atoms with Gasteiger partial charge in [0.1, 0.15) is 17.8 Å². The predicted octanol–water partition coefficient (Wildman–Crippen LogP) is 4.34. The first-order chi connectivity index (χ1) is 18.6. The molecule has 0 bridgehead atoms. The van der Waals surface area contributed by atoms with Crippen molar-refractivity contribution >= 4 is 28.9 Å². The van der Waals surface area contributed by atoms with E-state index in [4.69, 9.17) is 10.8 Å². The van der Waals surface area contributed by atoms with Crippen LogP contribution >= 0.6 is 0 Å². The van der Waals surface area contributed by atoms with E-state index in [1.807, 2.05) is 0 Å². The van der Waals surface area contributed by atoms with Crippen LogP contribution in [-0.2, 0) is 12.7 Å². The number of fused-ring (bicyclic) bond motifs is 1. The molecule has 0 radical (unpaired) electrons. The SMILES string of the molecule is Nc1ncnc2c1c(-c1ccc(CNC(=O)c3cccc(C(F)(F)F)c3)cc1)nn2[C@@H]1CCCN(C(=O)O)C1. The molecule has 1 fully saturated rings. The maximum absolute atomic E-state index is 13.0. The number of carbonyl (C=O) groups excluding carboxylic acids is 1. The Morgan fingerprint density at radius 2 is 1.90 bits per heavy atom. The summed E-state index contributed by atoms with van der Waals surface area (Å²) in [4.78, 5) is 33.8. The zero-order valence-electron chi connectivity index (χ0n) is 20.5. The third-order valence-corrected chi connectivity index (χ3v) is 6.66. The Kier molecular flexibility index (Phi) is 6.81. The molecule has 3 heterocycles. The van der Waals surface area contributed by atoms with Gasteiger partial charge in [-0.3, -0.25) is 4.79 Å². The fourth-order valence-electron chi connectivity index (χ4n) is 4.68. The largest absolute Gasteiger partial charge is 0.465 e. The van der Waals surface area contributed by atoms with Crippen LogP contribution in [0.3, 0.4) is 0 Å². The van der Waals surface area contributed by atoms with Gasteiger partial charge in [0, 0.05) is 30.8 Å². The van der Waals surface area contributed by atoms with Crippen molar-refractivity contribution in [3.8, 4) is 11.3 Å². The molecule has 1 atom stereocenters. The number of halogens is 3.